The van der Waals surface area contributed by atoms with Crippen LogP contribution < -0.4 is 10.9 Å². The molecule has 0 atom stereocenters. The molecular formula is C19H21N3O2S. The molecule has 1 amide bonds. The monoisotopic (exact) mass is 355 g/mol. The Balaban J connectivity index is 1.46. The molecule has 0 aliphatic heterocycles. The van der Waals surface area contributed by atoms with Crippen molar-refractivity contribution in [1.82, 2.24) is 14.7 Å². The van der Waals surface area contributed by atoms with Gasteiger partial charge in [0.1, 0.15) is 0 Å². The Bertz CT molecular complexity index is 915. The second kappa shape index (κ2) is 8.07. The van der Waals surface area contributed by atoms with Gasteiger partial charge in [0.05, 0.1) is 0 Å². The number of aryl methyl sites for hydroxylation is 2. The van der Waals surface area contributed by atoms with Crippen molar-refractivity contribution in [1.29, 1.82) is 0 Å². The van der Waals surface area contributed by atoms with Crippen molar-refractivity contribution in [3.63, 3.8) is 0 Å². The summed E-state index contributed by atoms with van der Waals surface area (Å²) in [6, 6.07) is 11.7. The zero-order chi connectivity index (χ0) is 17.6. The van der Waals surface area contributed by atoms with Gasteiger partial charge in [-0.2, -0.15) is 0 Å². The predicted molar refractivity (Wildman–Crippen MR) is 100 cm³/mol. The number of fused-ring (bicyclic) bond motifs is 1. The number of carbonyl (C=O) groups is 1. The lowest BCUT2D eigenvalue weighted by Crippen LogP contribution is -2.26. The maximum Gasteiger partial charge on any atom is 0.258 e. The maximum absolute atomic E-state index is 12.1. The van der Waals surface area contributed by atoms with Crippen LogP contribution in [0.1, 0.15) is 29.8 Å². The molecule has 0 unspecified atom stereocenters. The number of carbonyl (C=O) groups excluding carboxylic acids is 1. The molecular weight excluding hydrogens is 334 g/mol. The average molecular weight is 355 g/mol. The Hall–Kier alpha value is -2.47. The van der Waals surface area contributed by atoms with Gasteiger partial charge in [0.25, 0.3) is 5.56 Å². The lowest BCUT2D eigenvalue weighted by molar-refractivity contribution is -0.121. The van der Waals surface area contributed by atoms with Crippen molar-refractivity contribution < 1.29 is 4.79 Å². The number of hydrogen-bond acceptors (Lipinski definition) is 4. The predicted octanol–water partition coefficient (Wildman–Crippen LogP) is 2.75. The molecule has 130 valence electrons. The molecule has 0 spiro atoms. The molecule has 0 saturated carbocycles. The van der Waals surface area contributed by atoms with E-state index >= 15 is 0 Å². The zero-order valence-corrected chi connectivity index (χ0v) is 15.0. The maximum atomic E-state index is 12.1. The van der Waals surface area contributed by atoms with E-state index in [1.54, 1.807) is 4.40 Å². The highest BCUT2D eigenvalue weighted by Gasteiger charge is 2.08. The first-order valence-electron chi connectivity index (χ1n) is 8.41. The van der Waals surface area contributed by atoms with E-state index in [9.17, 15) is 9.59 Å². The third-order valence-corrected chi connectivity index (χ3v) is 4.89. The smallest absolute Gasteiger partial charge is 0.258 e. The molecule has 3 rings (SSSR count). The Morgan fingerprint density at radius 1 is 1.24 bits per heavy atom. The SMILES string of the molecule is Cc1cc(=O)n2c(CCNC(=O)CCCc3ccccc3)csc2n1. The molecule has 0 bridgehead atoms. The number of hydrogen-bond donors (Lipinski definition) is 1. The first-order valence-corrected chi connectivity index (χ1v) is 9.29. The van der Waals surface area contributed by atoms with E-state index in [1.165, 1.54) is 23.0 Å². The number of nitrogens with zero attached hydrogens (tertiary/aromatic N) is 2. The number of nitrogens with one attached hydrogen (secondary N) is 1. The van der Waals surface area contributed by atoms with Crippen LogP contribution in [0.5, 0.6) is 0 Å². The molecule has 6 heteroatoms. The van der Waals surface area contributed by atoms with Crippen LogP contribution >= 0.6 is 11.3 Å². The van der Waals surface area contributed by atoms with Crippen LogP contribution in [0.15, 0.2) is 46.6 Å². The molecule has 0 fully saturated rings. The summed E-state index contributed by atoms with van der Waals surface area (Å²) in [5, 5.41) is 4.87. The van der Waals surface area contributed by atoms with Gasteiger partial charge in [0, 0.05) is 42.2 Å². The van der Waals surface area contributed by atoms with E-state index in [1.807, 2.05) is 30.5 Å². The van der Waals surface area contributed by atoms with Gasteiger partial charge in [-0.15, -0.1) is 11.3 Å². The van der Waals surface area contributed by atoms with Crippen molar-refractivity contribution in [2.45, 2.75) is 32.6 Å². The van der Waals surface area contributed by atoms with Crippen molar-refractivity contribution in [3.8, 4) is 0 Å². The first-order chi connectivity index (χ1) is 12.1. The van der Waals surface area contributed by atoms with Crippen molar-refractivity contribution in [3.05, 3.63) is 69.1 Å². The van der Waals surface area contributed by atoms with E-state index < -0.39 is 0 Å². The molecule has 0 saturated heterocycles. The van der Waals surface area contributed by atoms with Gasteiger partial charge in [-0.05, 0) is 25.3 Å². The van der Waals surface area contributed by atoms with E-state index in [2.05, 4.69) is 22.4 Å². The van der Waals surface area contributed by atoms with Crippen molar-refractivity contribution in [2.24, 2.45) is 0 Å². The lowest BCUT2D eigenvalue weighted by Gasteiger charge is -2.06. The van der Waals surface area contributed by atoms with Crippen LogP contribution in [0.2, 0.25) is 0 Å². The second-order valence-corrected chi connectivity index (χ2v) is 6.86. The molecule has 1 N–H and O–H groups in total. The summed E-state index contributed by atoms with van der Waals surface area (Å²) < 4.78 is 1.62. The molecule has 25 heavy (non-hydrogen) atoms. The Morgan fingerprint density at radius 3 is 2.84 bits per heavy atom. The van der Waals surface area contributed by atoms with Crippen LogP contribution in [0.3, 0.4) is 0 Å². The van der Waals surface area contributed by atoms with Crippen LogP contribution in [-0.2, 0) is 17.6 Å². The van der Waals surface area contributed by atoms with E-state index in [4.69, 9.17) is 0 Å². The molecule has 0 aliphatic rings. The van der Waals surface area contributed by atoms with Gasteiger partial charge in [-0.25, -0.2) is 4.98 Å². The minimum Gasteiger partial charge on any atom is -0.356 e. The van der Waals surface area contributed by atoms with Gasteiger partial charge < -0.3 is 5.32 Å². The van der Waals surface area contributed by atoms with Gasteiger partial charge in [-0.1, -0.05) is 30.3 Å². The summed E-state index contributed by atoms with van der Waals surface area (Å²) in [7, 11) is 0. The van der Waals surface area contributed by atoms with Crippen LogP contribution in [0.25, 0.3) is 4.96 Å². The summed E-state index contributed by atoms with van der Waals surface area (Å²) in [5.74, 6) is 0.0526. The quantitative estimate of drug-likeness (QED) is 0.709. The van der Waals surface area contributed by atoms with Crippen molar-refractivity contribution >= 4 is 22.2 Å². The van der Waals surface area contributed by atoms with Gasteiger partial charge in [0.2, 0.25) is 5.91 Å². The largest absolute Gasteiger partial charge is 0.356 e. The summed E-state index contributed by atoms with van der Waals surface area (Å²) in [6.45, 7) is 2.34. The minimum absolute atomic E-state index is 0.0526. The highest BCUT2D eigenvalue weighted by Crippen LogP contribution is 2.13. The fraction of sp³-hybridized carbons (Fsp3) is 0.316. The highest BCUT2D eigenvalue weighted by atomic mass is 32.1. The average Bonchev–Trinajstić information content (AvgIpc) is 2.99. The van der Waals surface area contributed by atoms with Crippen molar-refractivity contribution in [2.75, 3.05) is 6.54 Å². The molecule has 0 aliphatic carbocycles. The number of thiazole rings is 1. The van der Waals surface area contributed by atoms with E-state index in [-0.39, 0.29) is 11.5 Å². The summed E-state index contributed by atoms with van der Waals surface area (Å²) in [6.07, 6.45) is 2.87. The molecule has 2 aromatic heterocycles. The lowest BCUT2D eigenvalue weighted by atomic mass is 10.1. The fourth-order valence-corrected chi connectivity index (χ4v) is 3.75. The first kappa shape index (κ1) is 17.4. The standard InChI is InChI=1S/C19H21N3O2S/c1-14-12-18(24)22-16(13-25-19(22)21-14)10-11-20-17(23)9-5-8-15-6-3-2-4-7-15/h2-4,6-7,12-13H,5,8-11H2,1H3,(H,20,23). The van der Waals surface area contributed by atoms with Gasteiger partial charge in [-0.3, -0.25) is 14.0 Å². The van der Waals surface area contributed by atoms with Crippen LogP contribution in [0, 0.1) is 6.92 Å². The molecule has 2 heterocycles. The number of rotatable bonds is 7. The molecule has 1 aromatic carbocycles. The van der Waals surface area contributed by atoms with Gasteiger partial charge >= 0.3 is 0 Å². The third kappa shape index (κ3) is 4.54. The second-order valence-electron chi connectivity index (χ2n) is 6.02. The minimum atomic E-state index is -0.0621. The van der Waals surface area contributed by atoms with Crippen LogP contribution in [0.4, 0.5) is 0 Å². The topological polar surface area (TPSA) is 63.5 Å². The Labute approximate surface area is 150 Å². The molecule has 5 nitrogen and oxygen atoms in total. The molecule has 3 aromatic rings. The summed E-state index contributed by atoms with van der Waals surface area (Å²) in [5.41, 5.74) is 2.81. The number of aromatic nitrogens is 2. The van der Waals surface area contributed by atoms with Gasteiger partial charge in [0.15, 0.2) is 4.96 Å². The van der Waals surface area contributed by atoms with E-state index in [0.717, 1.165) is 24.2 Å². The van der Waals surface area contributed by atoms with E-state index in [0.29, 0.717) is 24.3 Å². The number of amides is 1. The normalized spacial score (nSPS) is 10.9. The third-order valence-electron chi connectivity index (χ3n) is 4.02. The van der Waals surface area contributed by atoms with Crippen LogP contribution in [-0.4, -0.2) is 21.8 Å². The zero-order valence-electron chi connectivity index (χ0n) is 14.2. The Kier molecular flexibility index (Phi) is 5.60. The number of benzene rings is 1. The summed E-state index contributed by atoms with van der Waals surface area (Å²) in [4.78, 5) is 29.1. The summed E-state index contributed by atoms with van der Waals surface area (Å²) >= 11 is 1.45. The Morgan fingerprint density at radius 2 is 2.04 bits per heavy atom. The fourth-order valence-electron chi connectivity index (χ4n) is 2.77. The highest BCUT2D eigenvalue weighted by molar-refractivity contribution is 7.15. The molecule has 0 radical (unpaired) electrons.